The highest BCUT2D eigenvalue weighted by Crippen LogP contribution is 2.60. The second-order valence-corrected chi connectivity index (χ2v) is 12.0. The number of rotatable bonds is 5. The first-order valence-corrected chi connectivity index (χ1v) is 14.4. The van der Waals surface area contributed by atoms with E-state index in [9.17, 15) is 14.4 Å². The van der Waals surface area contributed by atoms with Gasteiger partial charge in [0.15, 0.2) is 11.6 Å². The number of piperidine rings is 1. The minimum atomic E-state index is -0.401. The third kappa shape index (κ3) is 5.17. The molecular formula is C30H42N4O4. The molecule has 5 rings (SSSR count). The summed E-state index contributed by atoms with van der Waals surface area (Å²) < 4.78 is 7.80. The molecule has 0 unspecified atom stereocenters. The average molecular weight is 523 g/mol. The molecule has 0 radical (unpaired) electrons. The van der Waals surface area contributed by atoms with Gasteiger partial charge in [0.05, 0.1) is 18.2 Å². The topological polar surface area (TPSA) is 93.5 Å². The number of aromatic nitrogens is 2. The largest absolute Gasteiger partial charge is 0.381 e. The summed E-state index contributed by atoms with van der Waals surface area (Å²) in [5.41, 5.74) is 3.38. The van der Waals surface area contributed by atoms with E-state index < -0.39 is 6.04 Å². The molecule has 2 aliphatic heterocycles. The van der Waals surface area contributed by atoms with E-state index in [1.54, 1.807) is 4.68 Å². The number of nitrogens with one attached hydrogen (secondary N) is 1. The number of ether oxygens (including phenoxy) is 1. The van der Waals surface area contributed by atoms with Crippen LogP contribution in [-0.2, 0) is 33.8 Å². The van der Waals surface area contributed by atoms with Gasteiger partial charge in [-0.3, -0.25) is 19.1 Å². The molecule has 206 valence electrons. The Morgan fingerprint density at radius 2 is 2.03 bits per heavy atom. The van der Waals surface area contributed by atoms with Crippen molar-refractivity contribution in [1.29, 1.82) is 0 Å². The number of ketones is 2. The molecule has 1 aromatic heterocycles. The minimum Gasteiger partial charge on any atom is -0.381 e. The molecule has 8 nitrogen and oxygen atoms in total. The minimum absolute atomic E-state index is 0.0151. The van der Waals surface area contributed by atoms with Crippen LogP contribution in [-0.4, -0.2) is 64.0 Å². The van der Waals surface area contributed by atoms with E-state index in [0.717, 1.165) is 61.7 Å². The zero-order valence-corrected chi connectivity index (χ0v) is 23.3. The summed E-state index contributed by atoms with van der Waals surface area (Å²) in [6.45, 7) is 10.7. The molecule has 3 aliphatic rings. The van der Waals surface area contributed by atoms with Gasteiger partial charge in [0, 0.05) is 43.3 Å². The SMILES string of the molecule is CCC(=O)[C@@H]1C[C@]23COCCCCCNCc4cc(CC(C)C)cc5c(C(C)=O)nn(c45)CC(=O)N1[C@@H]2C3. The van der Waals surface area contributed by atoms with E-state index in [-0.39, 0.29) is 35.5 Å². The van der Waals surface area contributed by atoms with E-state index in [2.05, 4.69) is 31.3 Å². The van der Waals surface area contributed by atoms with Crippen molar-refractivity contribution in [2.45, 2.75) is 97.8 Å². The Morgan fingerprint density at radius 3 is 2.76 bits per heavy atom. The lowest BCUT2D eigenvalue weighted by atomic mass is 9.97. The summed E-state index contributed by atoms with van der Waals surface area (Å²) in [7, 11) is 0. The fourth-order valence-corrected chi connectivity index (χ4v) is 6.61. The quantitative estimate of drug-likeness (QED) is 0.595. The van der Waals surface area contributed by atoms with Gasteiger partial charge in [-0.1, -0.05) is 26.8 Å². The predicted octanol–water partition coefficient (Wildman–Crippen LogP) is 4.07. The molecule has 2 fully saturated rings. The number of carbonyl (C=O) groups is 3. The summed E-state index contributed by atoms with van der Waals surface area (Å²) in [5.74, 6) is 0.374. The van der Waals surface area contributed by atoms with Crippen LogP contribution in [0, 0.1) is 11.3 Å². The Hall–Kier alpha value is -2.58. The Labute approximate surface area is 225 Å². The van der Waals surface area contributed by atoms with Crippen LogP contribution in [0.4, 0.5) is 0 Å². The molecule has 1 aromatic carbocycles. The molecule has 1 aliphatic carbocycles. The van der Waals surface area contributed by atoms with Crippen molar-refractivity contribution in [3.8, 4) is 0 Å². The van der Waals surface area contributed by atoms with Gasteiger partial charge < -0.3 is 15.0 Å². The first kappa shape index (κ1) is 27.0. The summed E-state index contributed by atoms with van der Waals surface area (Å²) in [6, 6.07) is 3.92. The monoisotopic (exact) mass is 522 g/mol. The first-order chi connectivity index (χ1) is 18.2. The van der Waals surface area contributed by atoms with Gasteiger partial charge in [0.25, 0.3) is 0 Å². The maximum atomic E-state index is 13.9. The van der Waals surface area contributed by atoms with Gasteiger partial charge in [0.2, 0.25) is 5.91 Å². The maximum Gasteiger partial charge on any atom is 0.245 e. The van der Waals surface area contributed by atoms with E-state index in [4.69, 9.17) is 9.84 Å². The van der Waals surface area contributed by atoms with Gasteiger partial charge in [-0.15, -0.1) is 0 Å². The molecule has 3 atom stereocenters. The van der Waals surface area contributed by atoms with Crippen LogP contribution in [0.2, 0.25) is 0 Å². The standard InChI is InChI=1S/C30H42N4O4/c1-5-25(36)24-14-30-15-26(30)34(24)27(37)17-33-29-22(16-31-9-7-6-8-10-38-18-30)12-21(11-19(2)3)13-23(29)28(32-33)20(4)35/h12-13,19,24,26,31H,5-11,14-18H2,1-4H3/t24-,26+,30-/m0/s1. The Bertz CT molecular complexity index is 1230. The second kappa shape index (κ2) is 10.9. The highest BCUT2D eigenvalue weighted by atomic mass is 16.5. The lowest BCUT2D eigenvalue weighted by Crippen LogP contribution is -2.44. The fourth-order valence-electron chi connectivity index (χ4n) is 6.61. The summed E-state index contributed by atoms with van der Waals surface area (Å²) in [5, 5.41) is 9.09. The van der Waals surface area contributed by atoms with Crippen LogP contribution in [0.25, 0.3) is 10.9 Å². The average Bonchev–Trinajstić information content (AvgIpc) is 3.27. The number of hydrogen-bond donors (Lipinski definition) is 1. The Morgan fingerprint density at radius 1 is 1.21 bits per heavy atom. The molecule has 1 amide bonds. The third-order valence-corrected chi connectivity index (χ3v) is 8.52. The molecule has 1 N–H and O–H groups in total. The number of carbonyl (C=O) groups excluding carboxylic acids is 3. The van der Waals surface area contributed by atoms with Crippen molar-refractivity contribution in [3.63, 3.8) is 0 Å². The van der Waals surface area contributed by atoms with Crippen LogP contribution in [0.5, 0.6) is 0 Å². The van der Waals surface area contributed by atoms with Crippen molar-refractivity contribution in [2.75, 3.05) is 19.8 Å². The van der Waals surface area contributed by atoms with Crippen molar-refractivity contribution < 1.29 is 19.1 Å². The zero-order chi connectivity index (χ0) is 27.0. The predicted molar refractivity (Wildman–Crippen MR) is 146 cm³/mol. The number of nitrogens with zero attached hydrogens (tertiary/aromatic N) is 3. The number of Topliss-reactive ketones (excluding diaryl/α,β-unsaturated/α-hetero) is 2. The molecule has 2 bridgehead atoms. The van der Waals surface area contributed by atoms with E-state index in [1.807, 2.05) is 11.8 Å². The first-order valence-electron chi connectivity index (χ1n) is 14.4. The summed E-state index contributed by atoms with van der Waals surface area (Å²) in [4.78, 5) is 41.3. The number of hydrogen-bond acceptors (Lipinski definition) is 6. The van der Waals surface area contributed by atoms with Crippen molar-refractivity contribution in [3.05, 3.63) is 29.0 Å². The molecular weight excluding hydrogens is 480 g/mol. The molecule has 3 heterocycles. The zero-order valence-electron chi connectivity index (χ0n) is 23.3. The van der Waals surface area contributed by atoms with Crippen molar-refractivity contribution in [2.24, 2.45) is 11.3 Å². The van der Waals surface area contributed by atoms with E-state index in [1.165, 1.54) is 12.5 Å². The van der Waals surface area contributed by atoms with Gasteiger partial charge in [-0.05, 0) is 68.2 Å². The van der Waals surface area contributed by atoms with E-state index in [0.29, 0.717) is 37.6 Å². The number of amides is 1. The smallest absolute Gasteiger partial charge is 0.245 e. The molecule has 0 spiro atoms. The lowest BCUT2D eigenvalue weighted by molar-refractivity contribution is -0.139. The maximum absolute atomic E-state index is 13.9. The highest BCUT2D eigenvalue weighted by molar-refractivity contribution is 6.06. The van der Waals surface area contributed by atoms with Crippen LogP contribution in [0.1, 0.15) is 87.8 Å². The second-order valence-electron chi connectivity index (χ2n) is 12.0. The molecule has 8 heteroatoms. The van der Waals surface area contributed by atoms with Crippen molar-refractivity contribution >= 4 is 28.4 Å². The van der Waals surface area contributed by atoms with Gasteiger partial charge >= 0.3 is 0 Å². The van der Waals surface area contributed by atoms with Crippen LogP contribution in [0.3, 0.4) is 0 Å². The van der Waals surface area contributed by atoms with Crippen LogP contribution < -0.4 is 5.32 Å². The summed E-state index contributed by atoms with van der Waals surface area (Å²) >= 11 is 0. The number of benzene rings is 1. The third-order valence-electron chi connectivity index (χ3n) is 8.52. The summed E-state index contributed by atoms with van der Waals surface area (Å²) in [6.07, 6.45) is 6.03. The van der Waals surface area contributed by atoms with Gasteiger partial charge in [-0.2, -0.15) is 5.10 Å². The van der Waals surface area contributed by atoms with Gasteiger partial charge in [0.1, 0.15) is 12.2 Å². The Kier molecular flexibility index (Phi) is 7.74. The lowest BCUT2D eigenvalue weighted by Gasteiger charge is -2.26. The van der Waals surface area contributed by atoms with Crippen LogP contribution >= 0.6 is 0 Å². The normalized spacial score (nSPS) is 26.4. The molecule has 1 saturated carbocycles. The molecule has 38 heavy (non-hydrogen) atoms. The highest BCUT2D eigenvalue weighted by Gasteiger charge is 2.66. The Balaban J connectivity index is 1.56. The van der Waals surface area contributed by atoms with Gasteiger partial charge in [-0.25, -0.2) is 0 Å². The van der Waals surface area contributed by atoms with Crippen molar-refractivity contribution in [1.82, 2.24) is 20.0 Å². The molecule has 1 saturated heterocycles. The van der Waals surface area contributed by atoms with E-state index >= 15 is 0 Å². The van der Waals surface area contributed by atoms with Crippen LogP contribution in [0.15, 0.2) is 12.1 Å². The fraction of sp³-hybridized carbons (Fsp3) is 0.667. The molecule has 2 aromatic rings.